The van der Waals surface area contributed by atoms with Gasteiger partial charge in [0.15, 0.2) is 0 Å². The van der Waals surface area contributed by atoms with Gasteiger partial charge in [0.2, 0.25) is 0 Å². The van der Waals surface area contributed by atoms with Crippen LogP contribution in [0.3, 0.4) is 0 Å². The molecule has 0 saturated heterocycles. The van der Waals surface area contributed by atoms with Crippen LogP contribution in [0.25, 0.3) is 22.2 Å². The van der Waals surface area contributed by atoms with Crippen LogP contribution in [-0.2, 0) is 6.42 Å². The van der Waals surface area contributed by atoms with Crippen molar-refractivity contribution < 1.29 is 4.39 Å². The summed E-state index contributed by atoms with van der Waals surface area (Å²) >= 11 is 0. The average Bonchev–Trinajstić information content (AvgIpc) is 3.00. The summed E-state index contributed by atoms with van der Waals surface area (Å²) < 4.78 is 13.3. The molecule has 1 unspecified atom stereocenters. The summed E-state index contributed by atoms with van der Waals surface area (Å²) in [6.45, 7) is 5.20. The average molecular weight is 338 g/mol. The fourth-order valence-electron chi connectivity index (χ4n) is 3.50. The Morgan fingerprint density at radius 1 is 1.08 bits per heavy atom. The highest BCUT2D eigenvalue weighted by atomic mass is 19.1. The van der Waals surface area contributed by atoms with Gasteiger partial charge in [-0.25, -0.2) is 4.39 Å². The highest BCUT2D eigenvalue weighted by Gasteiger charge is 2.17. The summed E-state index contributed by atoms with van der Waals surface area (Å²) in [4.78, 5) is 3.66. The second kappa shape index (κ2) is 7.83. The van der Waals surface area contributed by atoms with Gasteiger partial charge < -0.3 is 10.7 Å². The monoisotopic (exact) mass is 338 g/mol. The van der Waals surface area contributed by atoms with E-state index < -0.39 is 0 Å². The van der Waals surface area contributed by atoms with Crippen LogP contribution in [0.2, 0.25) is 0 Å². The Morgan fingerprint density at radius 3 is 2.52 bits per heavy atom. The number of unbranched alkanes of at least 4 members (excludes halogenated alkanes) is 1. The van der Waals surface area contributed by atoms with Crippen LogP contribution in [0, 0.1) is 5.82 Å². The van der Waals surface area contributed by atoms with E-state index >= 15 is 0 Å². The van der Waals surface area contributed by atoms with Crippen molar-refractivity contribution in [2.75, 3.05) is 6.54 Å². The summed E-state index contributed by atoms with van der Waals surface area (Å²) in [7, 11) is 0. The van der Waals surface area contributed by atoms with Crippen molar-refractivity contribution in [3.05, 3.63) is 59.4 Å². The van der Waals surface area contributed by atoms with Crippen LogP contribution in [0.15, 0.2) is 42.5 Å². The van der Waals surface area contributed by atoms with E-state index in [9.17, 15) is 4.39 Å². The molecule has 1 atom stereocenters. The third-order valence-corrected chi connectivity index (χ3v) is 5.13. The number of aromatic nitrogens is 1. The summed E-state index contributed by atoms with van der Waals surface area (Å²) in [5.74, 6) is 0.296. The quantitative estimate of drug-likeness (QED) is 0.528. The maximum atomic E-state index is 13.3. The molecule has 1 heterocycles. The van der Waals surface area contributed by atoms with Gasteiger partial charge in [0.05, 0.1) is 0 Å². The second-order valence-electron chi connectivity index (χ2n) is 6.81. The van der Waals surface area contributed by atoms with E-state index in [1.807, 2.05) is 12.1 Å². The van der Waals surface area contributed by atoms with Gasteiger partial charge in [0.25, 0.3) is 0 Å². The minimum atomic E-state index is -0.204. The number of halogens is 1. The van der Waals surface area contributed by atoms with Crippen LogP contribution in [0.4, 0.5) is 4.39 Å². The Hall–Kier alpha value is -2.13. The lowest BCUT2D eigenvalue weighted by Gasteiger charge is -2.10. The van der Waals surface area contributed by atoms with Crippen LogP contribution in [0.5, 0.6) is 0 Å². The SMILES string of the molecule is CCC(C)c1cccc2c(CCCCN)c(-c3ccc(F)cc3)[nH]c12. The van der Waals surface area contributed by atoms with Gasteiger partial charge in [0.1, 0.15) is 5.82 Å². The van der Waals surface area contributed by atoms with Gasteiger partial charge in [0, 0.05) is 16.6 Å². The summed E-state index contributed by atoms with van der Waals surface area (Å²) in [6.07, 6.45) is 4.16. The number of H-pyrrole nitrogens is 1. The third-order valence-electron chi connectivity index (χ3n) is 5.13. The van der Waals surface area contributed by atoms with Gasteiger partial charge in [-0.15, -0.1) is 0 Å². The van der Waals surface area contributed by atoms with E-state index in [-0.39, 0.29) is 5.82 Å². The topological polar surface area (TPSA) is 41.8 Å². The van der Waals surface area contributed by atoms with Gasteiger partial charge >= 0.3 is 0 Å². The molecule has 132 valence electrons. The number of fused-ring (bicyclic) bond motifs is 1. The first kappa shape index (κ1) is 17.7. The summed E-state index contributed by atoms with van der Waals surface area (Å²) in [5, 5.41) is 1.29. The van der Waals surface area contributed by atoms with E-state index in [0.29, 0.717) is 12.5 Å². The smallest absolute Gasteiger partial charge is 0.123 e. The van der Waals surface area contributed by atoms with Gasteiger partial charge in [-0.3, -0.25) is 0 Å². The molecule has 3 heteroatoms. The Kier molecular flexibility index (Phi) is 5.54. The molecule has 0 saturated carbocycles. The van der Waals surface area contributed by atoms with Crippen molar-refractivity contribution in [2.24, 2.45) is 5.73 Å². The molecule has 1 aromatic heterocycles. The van der Waals surface area contributed by atoms with Crippen molar-refractivity contribution in [1.29, 1.82) is 0 Å². The maximum absolute atomic E-state index is 13.3. The largest absolute Gasteiger partial charge is 0.354 e. The van der Waals surface area contributed by atoms with Crippen molar-refractivity contribution in [2.45, 2.75) is 45.4 Å². The Morgan fingerprint density at radius 2 is 1.84 bits per heavy atom. The van der Waals surface area contributed by atoms with Gasteiger partial charge in [-0.2, -0.15) is 0 Å². The normalized spacial score (nSPS) is 12.6. The summed E-state index contributed by atoms with van der Waals surface area (Å²) in [5.41, 5.74) is 11.7. The lowest BCUT2D eigenvalue weighted by atomic mass is 9.94. The zero-order chi connectivity index (χ0) is 17.8. The molecule has 0 aliphatic carbocycles. The van der Waals surface area contributed by atoms with Gasteiger partial charge in [-0.1, -0.05) is 32.0 Å². The van der Waals surface area contributed by atoms with Crippen LogP contribution in [-0.4, -0.2) is 11.5 Å². The van der Waals surface area contributed by atoms with E-state index in [1.165, 1.54) is 34.2 Å². The molecule has 0 amide bonds. The minimum absolute atomic E-state index is 0.204. The first-order valence-corrected chi connectivity index (χ1v) is 9.25. The molecule has 0 spiro atoms. The number of aromatic amines is 1. The Labute approximate surface area is 149 Å². The van der Waals surface area contributed by atoms with Crippen LogP contribution < -0.4 is 5.73 Å². The Balaban J connectivity index is 2.16. The van der Waals surface area contributed by atoms with Crippen molar-refractivity contribution in [3.63, 3.8) is 0 Å². The number of hydrogen-bond donors (Lipinski definition) is 2. The lowest BCUT2D eigenvalue weighted by molar-refractivity contribution is 0.628. The van der Waals surface area contributed by atoms with Crippen molar-refractivity contribution in [3.8, 4) is 11.3 Å². The van der Waals surface area contributed by atoms with E-state index in [2.05, 4.69) is 37.0 Å². The lowest BCUT2D eigenvalue weighted by Crippen LogP contribution is -1.99. The molecule has 0 fully saturated rings. The number of hydrogen-bond acceptors (Lipinski definition) is 1. The van der Waals surface area contributed by atoms with Crippen LogP contribution in [0.1, 0.15) is 50.2 Å². The number of aryl methyl sites for hydroxylation is 1. The van der Waals surface area contributed by atoms with E-state index in [0.717, 1.165) is 36.9 Å². The Bertz CT molecular complexity index is 833. The number of nitrogens with one attached hydrogen (secondary N) is 1. The van der Waals surface area contributed by atoms with Crippen LogP contribution >= 0.6 is 0 Å². The third kappa shape index (κ3) is 3.62. The zero-order valence-electron chi connectivity index (χ0n) is 15.1. The van der Waals surface area contributed by atoms with Crippen molar-refractivity contribution >= 4 is 10.9 Å². The molecule has 0 aliphatic rings. The molecule has 25 heavy (non-hydrogen) atoms. The zero-order valence-corrected chi connectivity index (χ0v) is 15.1. The molecule has 0 bridgehead atoms. The summed E-state index contributed by atoms with van der Waals surface area (Å²) in [6, 6.07) is 13.3. The predicted octanol–water partition coefficient (Wildman–Crippen LogP) is 5.77. The fraction of sp³-hybridized carbons (Fsp3) is 0.364. The first-order chi connectivity index (χ1) is 12.2. The molecule has 0 aliphatic heterocycles. The highest BCUT2D eigenvalue weighted by Crippen LogP contribution is 2.36. The predicted molar refractivity (Wildman–Crippen MR) is 104 cm³/mol. The van der Waals surface area contributed by atoms with Crippen molar-refractivity contribution in [1.82, 2.24) is 4.98 Å². The second-order valence-corrected chi connectivity index (χ2v) is 6.81. The molecule has 2 nitrogen and oxygen atoms in total. The molecule has 3 aromatic rings. The number of para-hydroxylation sites is 1. The standard InChI is InChI=1S/C22H27FN2/c1-3-15(2)18-8-6-9-20-19(7-4-5-14-24)21(25-22(18)20)16-10-12-17(23)13-11-16/h6,8-13,15,25H,3-5,7,14,24H2,1-2H3. The number of rotatable bonds is 7. The molecule has 3 N–H and O–H groups in total. The molecule has 3 rings (SSSR count). The van der Waals surface area contributed by atoms with E-state index in [4.69, 9.17) is 5.73 Å². The number of benzene rings is 2. The first-order valence-electron chi connectivity index (χ1n) is 9.25. The molecular formula is C22H27FN2. The van der Waals surface area contributed by atoms with E-state index in [1.54, 1.807) is 0 Å². The minimum Gasteiger partial charge on any atom is -0.354 e. The molecule has 2 aromatic carbocycles. The highest BCUT2D eigenvalue weighted by molar-refractivity contribution is 5.93. The fourth-order valence-corrected chi connectivity index (χ4v) is 3.50. The van der Waals surface area contributed by atoms with Gasteiger partial charge in [-0.05, 0) is 79.1 Å². The molecular weight excluding hydrogens is 311 g/mol. The number of nitrogens with two attached hydrogens (primary N) is 1. The maximum Gasteiger partial charge on any atom is 0.123 e. The molecule has 0 radical (unpaired) electrons.